The number of carbonyl (C=O) groups is 1. The topological polar surface area (TPSA) is 26.3 Å². The Kier molecular flexibility index (Phi) is 4.37. The minimum atomic E-state index is -0.282. The average Bonchev–Trinajstić information content (AvgIpc) is 2.17. The highest BCUT2D eigenvalue weighted by Gasteiger charge is 2.30. The Hall–Kier alpha value is -0.790. The number of esters is 1. The van der Waals surface area contributed by atoms with Gasteiger partial charge in [-0.05, 0) is 37.0 Å². The molecule has 0 heterocycles. The molecule has 0 radical (unpaired) electrons. The zero-order valence-electron chi connectivity index (χ0n) is 10.0. The molecule has 1 rings (SSSR count). The Morgan fingerprint density at radius 2 is 2.13 bits per heavy atom. The summed E-state index contributed by atoms with van der Waals surface area (Å²) in [4.78, 5) is 11.1. The Balaban J connectivity index is 2.43. The number of ether oxygens (including phenoxy) is 1. The van der Waals surface area contributed by atoms with Crippen LogP contribution in [0.1, 0.15) is 40.0 Å². The van der Waals surface area contributed by atoms with Crippen molar-refractivity contribution in [3.63, 3.8) is 0 Å². The van der Waals surface area contributed by atoms with Crippen molar-refractivity contribution in [3.8, 4) is 0 Å². The lowest BCUT2D eigenvalue weighted by molar-refractivity contribution is -0.146. The van der Waals surface area contributed by atoms with Crippen molar-refractivity contribution in [3.05, 3.63) is 12.7 Å². The molecule has 0 aromatic carbocycles. The van der Waals surface area contributed by atoms with Gasteiger partial charge in [0, 0.05) is 6.08 Å². The molecule has 0 saturated heterocycles. The van der Waals surface area contributed by atoms with Gasteiger partial charge in [-0.15, -0.1) is 0 Å². The van der Waals surface area contributed by atoms with Gasteiger partial charge in [-0.1, -0.05) is 27.4 Å². The monoisotopic (exact) mass is 210 g/mol. The van der Waals surface area contributed by atoms with Gasteiger partial charge in [0.05, 0.1) is 0 Å². The lowest BCUT2D eigenvalue weighted by atomic mass is 9.73. The molecule has 3 atom stereocenters. The summed E-state index contributed by atoms with van der Waals surface area (Å²) in [5.41, 5.74) is 0. The summed E-state index contributed by atoms with van der Waals surface area (Å²) in [5.74, 6) is 1.89. The van der Waals surface area contributed by atoms with Gasteiger partial charge in [0.1, 0.15) is 6.10 Å². The summed E-state index contributed by atoms with van der Waals surface area (Å²) in [6.45, 7) is 10.2. The van der Waals surface area contributed by atoms with Crippen molar-refractivity contribution < 1.29 is 9.53 Å². The summed E-state index contributed by atoms with van der Waals surface area (Å²) in [6, 6.07) is 0. The minimum Gasteiger partial charge on any atom is -0.459 e. The predicted molar refractivity (Wildman–Crippen MR) is 61.4 cm³/mol. The molecule has 0 spiro atoms. The fourth-order valence-electron chi connectivity index (χ4n) is 2.68. The fourth-order valence-corrected chi connectivity index (χ4v) is 2.68. The summed E-state index contributed by atoms with van der Waals surface area (Å²) in [7, 11) is 0. The third-order valence-electron chi connectivity index (χ3n) is 3.49. The quantitative estimate of drug-likeness (QED) is 0.528. The third-order valence-corrected chi connectivity index (χ3v) is 3.49. The van der Waals surface area contributed by atoms with Gasteiger partial charge in [0.15, 0.2) is 0 Å². The Morgan fingerprint density at radius 1 is 1.47 bits per heavy atom. The van der Waals surface area contributed by atoms with Gasteiger partial charge in [-0.3, -0.25) is 0 Å². The first-order valence-electron chi connectivity index (χ1n) is 5.87. The van der Waals surface area contributed by atoms with E-state index >= 15 is 0 Å². The molecule has 1 saturated carbocycles. The van der Waals surface area contributed by atoms with E-state index in [2.05, 4.69) is 27.4 Å². The van der Waals surface area contributed by atoms with Crippen molar-refractivity contribution in [2.45, 2.75) is 46.1 Å². The average molecular weight is 210 g/mol. The number of rotatable bonds is 3. The van der Waals surface area contributed by atoms with E-state index in [-0.39, 0.29) is 12.1 Å². The molecule has 0 aromatic heterocycles. The summed E-state index contributed by atoms with van der Waals surface area (Å²) in [6.07, 6.45) is 4.54. The van der Waals surface area contributed by atoms with Crippen LogP contribution in [0.5, 0.6) is 0 Å². The maximum Gasteiger partial charge on any atom is 0.330 e. The maximum absolute atomic E-state index is 11.1. The number of hydrogen-bond donors (Lipinski definition) is 0. The molecule has 1 fully saturated rings. The fraction of sp³-hybridized carbons (Fsp3) is 0.769. The molecule has 0 unspecified atom stereocenters. The number of carbonyl (C=O) groups excluding carboxylic acids is 1. The minimum absolute atomic E-state index is 0.112. The highest BCUT2D eigenvalue weighted by molar-refractivity contribution is 5.81. The van der Waals surface area contributed by atoms with Crippen LogP contribution >= 0.6 is 0 Å². The third kappa shape index (κ3) is 3.37. The smallest absolute Gasteiger partial charge is 0.330 e. The molecule has 0 bridgehead atoms. The first-order valence-corrected chi connectivity index (χ1v) is 5.87. The first-order chi connectivity index (χ1) is 7.04. The second-order valence-electron chi connectivity index (χ2n) is 4.96. The first kappa shape index (κ1) is 12.3. The molecule has 2 heteroatoms. The lowest BCUT2D eigenvalue weighted by Gasteiger charge is -2.35. The zero-order valence-corrected chi connectivity index (χ0v) is 10.0. The van der Waals surface area contributed by atoms with E-state index in [0.29, 0.717) is 5.92 Å². The number of hydrogen-bond acceptors (Lipinski definition) is 2. The summed E-state index contributed by atoms with van der Waals surface area (Å²) >= 11 is 0. The van der Waals surface area contributed by atoms with Crippen LogP contribution in [0.15, 0.2) is 12.7 Å². The summed E-state index contributed by atoms with van der Waals surface area (Å²) < 4.78 is 5.28. The molecule has 1 aliphatic carbocycles. The van der Waals surface area contributed by atoms with Crippen molar-refractivity contribution in [2.75, 3.05) is 0 Å². The highest BCUT2D eigenvalue weighted by Crippen LogP contribution is 2.35. The Bertz CT molecular complexity index is 233. The van der Waals surface area contributed by atoms with Crippen LogP contribution in [0.3, 0.4) is 0 Å². The van der Waals surface area contributed by atoms with Crippen molar-refractivity contribution in [1.29, 1.82) is 0 Å². The van der Waals surface area contributed by atoms with Crippen LogP contribution in [-0.2, 0) is 9.53 Å². The molecule has 2 nitrogen and oxygen atoms in total. The molecule has 15 heavy (non-hydrogen) atoms. The molecule has 1 aliphatic rings. The summed E-state index contributed by atoms with van der Waals surface area (Å²) in [5, 5.41) is 0. The van der Waals surface area contributed by atoms with Gasteiger partial charge in [-0.2, -0.15) is 0 Å². The van der Waals surface area contributed by atoms with Gasteiger partial charge in [0.2, 0.25) is 0 Å². The molecular weight excluding hydrogens is 188 g/mol. The van der Waals surface area contributed by atoms with E-state index in [4.69, 9.17) is 4.74 Å². The molecule has 0 aromatic rings. The predicted octanol–water partition coefficient (Wildman–Crippen LogP) is 3.18. The van der Waals surface area contributed by atoms with E-state index < -0.39 is 0 Å². The molecule has 86 valence electrons. The lowest BCUT2D eigenvalue weighted by Crippen LogP contribution is -2.31. The van der Waals surface area contributed by atoms with Crippen LogP contribution in [0.4, 0.5) is 0 Å². The van der Waals surface area contributed by atoms with Crippen molar-refractivity contribution >= 4 is 5.97 Å². The largest absolute Gasteiger partial charge is 0.459 e. The van der Waals surface area contributed by atoms with Crippen LogP contribution in [0.2, 0.25) is 0 Å². The maximum atomic E-state index is 11.1. The van der Waals surface area contributed by atoms with Gasteiger partial charge >= 0.3 is 5.97 Å². The molecule has 0 aliphatic heterocycles. The second kappa shape index (κ2) is 5.34. The molecule has 0 N–H and O–H groups in total. The van der Waals surface area contributed by atoms with Crippen LogP contribution in [-0.4, -0.2) is 12.1 Å². The van der Waals surface area contributed by atoms with Crippen molar-refractivity contribution in [2.24, 2.45) is 17.8 Å². The van der Waals surface area contributed by atoms with Crippen LogP contribution in [0.25, 0.3) is 0 Å². The molecule has 0 amide bonds. The van der Waals surface area contributed by atoms with Gasteiger partial charge < -0.3 is 4.74 Å². The van der Waals surface area contributed by atoms with E-state index in [0.717, 1.165) is 24.7 Å². The van der Waals surface area contributed by atoms with E-state index in [1.54, 1.807) is 0 Å². The second-order valence-corrected chi connectivity index (χ2v) is 4.96. The SMILES string of the molecule is C=CC(=O)O[C@@H]1CC[C@@H](C(C)C)[C@H](C)C1. The normalized spacial score (nSPS) is 31.3. The van der Waals surface area contributed by atoms with E-state index in [1.807, 2.05) is 0 Å². The molecular formula is C13H22O2. The van der Waals surface area contributed by atoms with Crippen molar-refractivity contribution in [1.82, 2.24) is 0 Å². The van der Waals surface area contributed by atoms with E-state index in [1.165, 1.54) is 12.5 Å². The van der Waals surface area contributed by atoms with E-state index in [9.17, 15) is 4.79 Å². The van der Waals surface area contributed by atoms with Gasteiger partial charge in [0.25, 0.3) is 0 Å². The standard InChI is InChI=1S/C13H22O2/c1-5-13(14)15-11-6-7-12(9(2)3)10(4)8-11/h5,9-12H,1,6-8H2,2-4H3/t10-,11-,12+/m1/s1. The van der Waals surface area contributed by atoms with Crippen LogP contribution < -0.4 is 0 Å². The Morgan fingerprint density at radius 3 is 2.60 bits per heavy atom. The Labute approximate surface area is 92.7 Å². The van der Waals surface area contributed by atoms with Crippen LogP contribution in [0, 0.1) is 17.8 Å². The van der Waals surface area contributed by atoms with Gasteiger partial charge in [-0.25, -0.2) is 4.79 Å². The zero-order chi connectivity index (χ0) is 11.4. The highest BCUT2D eigenvalue weighted by atomic mass is 16.5.